The maximum Gasteiger partial charge on any atom is 0.317 e. The van der Waals surface area contributed by atoms with E-state index in [0.717, 1.165) is 30.3 Å². The van der Waals surface area contributed by atoms with Gasteiger partial charge in [0.1, 0.15) is 0 Å². The molecule has 8 heteroatoms. The molecule has 2 N–H and O–H groups in total. The lowest BCUT2D eigenvalue weighted by Gasteiger charge is -2.42. The molecule has 2 aromatic rings. The highest BCUT2D eigenvalue weighted by Crippen LogP contribution is 2.34. The molecule has 0 bridgehead atoms. The van der Waals surface area contributed by atoms with Crippen molar-refractivity contribution in [3.05, 3.63) is 36.5 Å². The molecule has 2 fully saturated rings. The number of nitrogens with one attached hydrogen (secondary N) is 1. The van der Waals surface area contributed by atoms with Crippen molar-refractivity contribution in [2.75, 3.05) is 13.1 Å². The van der Waals surface area contributed by atoms with Crippen molar-refractivity contribution in [2.45, 2.75) is 42.7 Å². The molecule has 144 valence electrons. The van der Waals surface area contributed by atoms with Crippen LogP contribution >= 0.6 is 0 Å². The lowest BCUT2D eigenvalue weighted by atomic mass is 9.86. The molecule has 4 rings (SSSR count). The second-order valence-corrected chi connectivity index (χ2v) is 9.28. The van der Waals surface area contributed by atoms with Gasteiger partial charge in [0.25, 0.3) is 0 Å². The van der Waals surface area contributed by atoms with Gasteiger partial charge in [-0.3, -0.25) is 14.7 Å². The largest absolute Gasteiger partial charge is 0.480 e. The van der Waals surface area contributed by atoms with Crippen molar-refractivity contribution < 1.29 is 18.3 Å². The summed E-state index contributed by atoms with van der Waals surface area (Å²) < 4.78 is 28.1. The topological polar surface area (TPSA) is 99.6 Å². The standard InChI is InChI=1S/C19H23N3O4S/c23-19(24)12-22(11-13-3-4-13)16-9-15(10-16)21-27(25,26)17-5-6-18-14(8-17)2-1-7-20-18/h1-2,5-8,13,15-16,21H,3-4,9-12H2,(H,23,24). The fourth-order valence-corrected chi connectivity index (χ4v) is 4.94. The molecule has 27 heavy (non-hydrogen) atoms. The van der Waals surface area contributed by atoms with Gasteiger partial charge in [-0.15, -0.1) is 0 Å². The quantitative estimate of drug-likeness (QED) is 0.715. The van der Waals surface area contributed by atoms with Crippen LogP contribution in [0.3, 0.4) is 0 Å². The summed E-state index contributed by atoms with van der Waals surface area (Å²) >= 11 is 0. The fourth-order valence-electron chi connectivity index (χ4n) is 3.64. The van der Waals surface area contributed by atoms with Gasteiger partial charge in [0.05, 0.1) is 17.0 Å². The molecule has 0 saturated heterocycles. The highest BCUT2D eigenvalue weighted by molar-refractivity contribution is 7.89. The van der Waals surface area contributed by atoms with Crippen LogP contribution in [0.25, 0.3) is 10.9 Å². The van der Waals surface area contributed by atoms with Crippen LogP contribution in [0.2, 0.25) is 0 Å². The van der Waals surface area contributed by atoms with Crippen LogP contribution in [0.5, 0.6) is 0 Å². The molecule has 0 atom stereocenters. The Morgan fingerprint density at radius 3 is 2.74 bits per heavy atom. The van der Waals surface area contributed by atoms with E-state index >= 15 is 0 Å². The maximum atomic E-state index is 12.7. The van der Waals surface area contributed by atoms with Crippen LogP contribution in [0.4, 0.5) is 0 Å². The fraction of sp³-hybridized carbons (Fsp3) is 0.474. The second-order valence-electron chi connectivity index (χ2n) is 7.57. The van der Waals surface area contributed by atoms with Gasteiger partial charge in [-0.25, -0.2) is 13.1 Å². The third kappa shape index (κ3) is 4.28. The molecular weight excluding hydrogens is 366 g/mol. The number of hydrogen-bond donors (Lipinski definition) is 2. The number of fused-ring (bicyclic) bond motifs is 1. The normalized spacial score (nSPS) is 22.7. The Balaban J connectivity index is 1.39. The summed E-state index contributed by atoms with van der Waals surface area (Å²) in [6.07, 6.45) is 5.29. The van der Waals surface area contributed by atoms with Crippen molar-refractivity contribution in [2.24, 2.45) is 5.92 Å². The Morgan fingerprint density at radius 1 is 1.26 bits per heavy atom. The zero-order chi connectivity index (χ0) is 19.0. The predicted molar refractivity (Wildman–Crippen MR) is 101 cm³/mol. The van der Waals surface area contributed by atoms with Crippen LogP contribution in [-0.4, -0.2) is 54.6 Å². The van der Waals surface area contributed by atoms with E-state index in [-0.39, 0.29) is 23.5 Å². The number of hydrogen-bond acceptors (Lipinski definition) is 5. The van der Waals surface area contributed by atoms with Gasteiger partial charge in [-0.05, 0) is 55.9 Å². The highest BCUT2D eigenvalue weighted by atomic mass is 32.2. The number of benzene rings is 1. The molecule has 2 aliphatic rings. The second kappa shape index (κ2) is 7.18. The van der Waals surface area contributed by atoms with Gasteiger partial charge in [-0.2, -0.15) is 0 Å². The molecule has 1 aromatic heterocycles. The van der Waals surface area contributed by atoms with E-state index in [2.05, 4.69) is 9.71 Å². The molecule has 1 aromatic carbocycles. The number of nitrogens with zero attached hydrogens (tertiary/aromatic N) is 2. The number of sulfonamides is 1. The Bertz CT molecular complexity index is 952. The van der Waals surface area contributed by atoms with E-state index in [1.807, 2.05) is 11.0 Å². The lowest BCUT2D eigenvalue weighted by molar-refractivity contribution is -0.139. The van der Waals surface area contributed by atoms with Crippen molar-refractivity contribution in [1.29, 1.82) is 0 Å². The lowest BCUT2D eigenvalue weighted by Crippen LogP contribution is -2.55. The van der Waals surface area contributed by atoms with Crippen LogP contribution in [0.1, 0.15) is 25.7 Å². The maximum absolute atomic E-state index is 12.7. The number of carbonyl (C=O) groups is 1. The minimum atomic E-state index is -3.61. The number of aliphatic carboxylic acids is 1. The summed E-state index contributed by atoms with van der Waals surface area (Å²) in [6, 6.07) is 8.50. The number of rotatable bonds is 8. The average molecular weight is 389 g/mol. The SMILES string of the molecule is O=C(O)CN(CC1CC1)C1CC(NS(=O)(=O)c2ccc3ncccc3c2)C1. The average Bonchev–Trinajstić information content (AvgIpc) is 3.40. The first kappa shape index (κ1) is 18.3. The van der Waals surface area contributed by atoms with Gasteiger partial charge >= 0.3 is 5.97 Å². The van der Waals surface area contributed by atoms with Gasteiger partial charge in [0.15, 0.2) is 0 Å². The van der Waals surface area contributed by atoms with E-state index in [1.54, 1.807) is 30.5 Å². The first-order valence-corrected chi connectivity index (χ1v) is 10.7. The zero-order valence-electron chi connectivity index (χ0n) is 14.9. The van der Waals surface area contributed by atoms with Gasteiger partial charge in [0, 0.05) is 30.2 Å². The zero-order valence-corrected chi connectivity index (χ0v) is 15.7. The van der Waals surface area contributed by atoms with Crippen LogP contribution in [0.15, 0.2) is 41.4 Å². The Labute approximate surface area is 158 Å². The van der Waals surface area contributed by atoms with Crippen molar-refractivity contribution in [1.82, 2.24) is 14.6 Å². The Hall–Kier alpha value is -2.03. The third-order valence-corrected chi connectivity index (χ3v) is 6.88. The monoisotopic (exact) mass is 389 g/mol. The van der Waals surface area contributed by atoms with E-state index in [0.29, 0.717) is 18.8 Å². The Kier molecular flexibility index (Phi) is 4.88. The predicted octanol–water partition coefficient (Wildman–Crippen LogP) is 1.84. The molecule has 1 heterocycles. The molecule has 0 unspecified atom stereocenters. The highest BCUT2D eigenvalue weighted by Gasteiger charge is 2.38. The molecule has 0 amide bonds. The van der Waals surface area contributed by atoms with Crippen molar-refractivity contribution in [3.8, 4) is 0 Å². The summed E-state index contributed by atoms with van der Waals surface area (Å²) in [5.41, 5.74) is 0.754. The minimum Gasteiger partial charge on any atom is -0.480 e. The van der Waals surface area contributed by atoms with Gasteiger partial charge in [0.2, 0.25) is 10.0 Å². The smallest absolute Gasteiger partial charge is 0.317 e. The van der Waals surface area contributed by atoms with E-state index in [9.17, 15) is 13.2 Å². The third-order valence-electron chi connectivity index (χ3n) is 5.36. The van der Waals surface area contributed by atoms with Gasteiger partial charge in [-0.1, -0.05) is 6.07 Å². The van der Waals surface area contributed by atoms with Crippen molar-refractivity contribution >= 4 is 26.9 Å². The molecule has 0 aliphatic heterocycles. The molecule has 7 nitrogen and oxygen atoms in total. The number of pyridine rings is 1. The molecule has 0 radical (unpaired) electrons. The first-order chi connectivity index (χ1) is 12.9. The summed E-state index contributed by atoms with van der Waals surface area (Å²) in [4.78, 5) is 17.5. The summed E-state index contributed by atoms with van der Waals surface area (Å²) in [6.45, 7) is 0.826. The summed E-state index contributed by atoms with van der Waals surface area (Å²) in [5, 5.41) is 9.90. The van der Waals surface area contributed by atoms with Crippen LogP contribution in [-0.2, 0) is 14.8 Å². The molecule has 2 aliphatic carbocycles. The van der Waals surface area contributed by atoms with E-state index in [1.165, 1.54) is 0 Å². The molecule has 0 spiro atoms. The van der Waals surface area contributed by atoms with Gasteiger partial charge < -0.3 is 5.11 Å². The number of carboxylic acids is 1. The van der Waals surface area contributed by atoms with E-state index < -0.39 is 16.0 Å². The van der Waals surface area contributed by atoms with Crippen LogP contribution < -0.4 is 4.72 Å². The number of aromatic nitrogens is 1. The molecule has 2 saturated carbocycles. The first-order valence-electron chi connectivity index (χ1n) is 9.24. The number of carboxylic acid groups (broad SMARTS) is 1. The summed E-state index contributed by atoms with van der Waals surface area (Å²) in [7, 11) is -3.61. The van der Waals surface area contributed by atoms with Crippen molar-refractivity contribution in [3.63, 3.8) is 0 Å². The van der Waals surface area contributed by atoms with E-state index in [4.69, 9.17) is 5.11 Å². The minimum absolute atomic E-state index is 0.0261. The summed E-state index contributed by atoms with van der Waals surface area (Å²) in [5.74, 6) is -0.226. The molecular formula is C19H23N3O4S. The Morgan fingerprint density at radius 2 is 2.04 bits per heavy atom. The van der Waals surface area contributed by atoms with Crippen LogP contribution in [0, 0.1) is 5.92 Å².